The van der Waals surface area contributed by atoms with Crippen LogP contribution in [-0.2, 0) is 11.3 Å². The molecule has 1 atom stereocenters. The van der Waals surface area contributed by atoms with Crippen LogP contribution in [0, 0.1) is 0 Å². The maximum Gasteiger partial charge on any atom is 0.411 e. The number of carbonyl (C=O) groups excluding carboxylic acids is 2. The standard InChI is InChI=1S/C22H16ClNO4/c23-16-8-6-15(7-9-16)21-20(25)18-11-10-17(12-19(18)28-21)24-22(26)27-13-14-4-2-1-3-5-14/h1-12,21H,13H2,(H,24,26). The van der Waals surface area contributed by atoms with Crippen molar-refractivity contribution in [2.75, 3.05) is 5.32 Å². The molecule has 1 aliphatic rings. The molecule has 0 aromatic heterocycles. The third-order valence-electron chi connectivity index (χ3n) is 4.36. The van der Waals surface area contributed by atoms with Crippen LogP contribution in [0.3, 0.4) is 0 Å². The van der Waals surface area contributed by atoms with Gasteiger partial charge in [-0.3, -0.25) is 10.1 Å². The van der Waals surface area contributed by atoms with Gasteiger partial charge >= 0.3 is 6.09 Å². The van der Waals surface area contributed by atoms with E-state index in [-0.39, 0.29) is 12.4 Å². The molecule has 1 heterocycles. The van der Waals surface area contributed by atoms with E-state index < -0.39 is 12.2 Å². The monoisotopic (exact) mass is 393 g/mol. The fourth-order valence-electron chi connectivity index (χ4n) is 2.96. The molecule has 1 aliphatic heterocycles. The van der Waals surface area contributed by atoms with Crippen molar-refractivity contribution in [3.63, 3.8) is 0 Å². The van der Waals surface area contributed by atoms with E-state index in [1.165, 1.54) is 0 Å². The number of fused-ring (bicyclic) bond motifs is 1. The Morgan fingerprint density at radius 2 is 1.79 bits per heavy atom. The minimum atomic E-state index is -0.715. The van der Waals surface area contributed by atoms with Crippen LogP contribution in [0.15, 0.2) is 72.8 Å². The van der Waals surface area contributed by atoms with Crippen LogP contribution < -0.4 is 10.1 Å². The van der Waals surface area contributed by atoms with E-state index in [4.69, 9.17) is 21.1 Å². The zero-order valence-electron chi connectivity index (χ0n) is 14.7. The third kappa shape index (κ3) is 3.85. The summed E-state index contributed by atoms with van der Waals surface area (Å²) in [6.45, 7) is 0.172. The summed E-state index contributed by atoms with van der Waals surface area (Å²) < 4.78 is 11.0. The van der Waals surface area contributed by atoms with Crippen molar-refractivity contribution in [1.82, 2.24) is 0 Å². The number of nitrogens with one attached hydrogen (secondary N) is 1. The summed E-state index contributed by atoms with van der Waals surface area (Å²) in [6.07, 6.45) is -1.30. The maximum atomic E-state index is 12.6. The second-order valence-corrected chi connectivity index (χ2v) is 6.75. The minimum absolute atomic E-state index is 0.129. The highest BCUT2D eigenvalue weighted by atomic mass is 35.5. The van der Waals surface area contributed by atoms with Gasteiger partial charge in [0.15, 0.2) is 6.10 Å². The van der Waals surface area contributed by atoms with E-state index >= 15 is 0 Å². The van der Waals surface area contributed by atoms with Crippen molar-refractivity contribution >= 4 is 29.2 Å². The van der Waals surface area contributed by atoms with Gasteiger partial charge in [0, 0.05) is 22.3 Å². The lowest BCUT2D eigenvalue weighted by Gasteiger charge is -2.10. The molecule has 0 spiro atoms. The molecular formula is C22H16ClNO4. The molecule has 6 heteroatoms. The van der Waals surface area contributed by atoms with Gasteiger partial charge in [-0.1, -0.05) is 54.1 Å². The van der Waals surface area contributed by atoms with Gasteiger partial charge in [0.05, 0.1) is 5.56 Å². The van der Waals surface area contributed by atoms with Crippen molar-refractivity contribution in [3.05, 3.63) is 94.5 Å². The Hall–Kier alpha value is -3.31. The quantitative estimate of drug-likeness (QED) is 0.644. The lowest BCUT2D eigenvalue weighted by Crippen LogP contribution is -2.13. The van der Waals surface area contributed by atoms with Crippen LogP contribution in [0.1, 0.15) is 27.6 Å². The highest BCUT2D eigenvalue weighted by Gasteiger charge is 2.33. The summed E-state index contributed by atoms with van der Waals surface area (Å²) >= 11 is 5.90. The SMILES string of the molecule is O=C(Nc1ccc2c(c1)OC(c1ccc(Cl)cc1)C2=O)OCc1ccccc1. The van der Waals surface area contributed by atoms with Crippen LogP contribution in [0.4, 0.5) is 10.5 Å². The molecule has 1 N–H and O–H groups in total. The van der Waals surface area contributed by atoms with Crippen LogP contribution >= 0.6 is 11.6 Å². The molecule has 0 bridgehead atoms. The Morgan fingerprint density at radius 3 is 2.54 bits per heavy atom. The molecule has 3 aromatic carbocycles. The highest BCUT2D eigenvalue weighted by Crippen LogP contribution is 2.38. The van der Waals surface area contributed by atoms with Gasteiger partial charge in [-0.2, -0.15) is 0 Å². The average molecular weight is 394 g/mol. The molecule has 1 amide bonds. The van der Waals surface area contributed by atoms with E-state index in [0.717, 1.165) is 11.1 Å². The molecule has 28 heavy (non-hydrogen) atoms. The van der Waals surface area contributed by atoms with E-state index in [9.17, 15) is 9.59 Å². The van der Waals surface area contributed by atoms with Gasteiger partial charge < -0.3 is 9.47 Å². The fourth-order valence-corrected chi connectivity index (χ4v) is 3.08. The van der Waals surface area contributed by atoms with Gasteiger partial charge in [-0.25, -0.2) is 4.79 Å². The number of hydrogen-bond acceptors (Lipinski definition) is 4. The van der Waals surface area contributed by atoms with Crippen molar-refractivity contribution < 1.29 is 19.1 Å². The number of hydrogen-bond donors (Lipinski definition) is 1. The number of ether oxygens (including phenoxy) is 2. The zero-order valence-corrected chi connectivity index (χ0v) is 15.5. The summed E-state index contributed by atoms with van der Waals surface area (Å²) in [5, 5.41) is 3.24. The number of anilines is 1. The highest BCUT2D eigenvalue weighted by molar-refractivity contribution is 6.30. The largest absolute Gasteiger partial charge is 0.477 e. The number of amides is 1. The Labute approximate surface area is 166 Å². The zero-order chi connectivity index (χ0) is 19.5. The molecule has 0 radical (unpaired) electrons. The molecule has 5 nitrogen and oxygen atoms in total. The second-order valence-electron chi connectivity index (χ2n) is 6.31. The van der Waals surface area contributed by atoms with Crippen LogP contribution in [0.5, 0.6) is 5.75 Å². The molecule has 0 saturated heterocycles. The van der Waals surface area contributed by atoms with Crippen LogP contribution in [0.2, 0.25) is 5.02 Å². The maximum absolute atomic E-state index is 12.6. The van der Waals surface area contributed by atoms with Gasteiger partial charge in [0.1, 0.15) is 12.4 Å². The molecule has 1 unspecified atom stereocenters. The van der Waals surface area contributed by atoms with E-state index in [1.807, 2.05) is 30.3 Å². The predicted octanol–water partition coefficient (Wildman–Crippen LogP) is 5.41. The van der Waals surface area contributed by atoms with Gasteiger partial charge in [0.2, 0.25) is 5.78 Å². The summed E-state index contributed by atoms with van der Waals surface area (Å²) in [5.41, 5.74) is 2.58. The molecule has 0 fully saturated rings. The number of ketones is 1. The summed E-state index contributed by atoms with van der Waals surface area (Å²) in [4.78, 5) is 24.6. The first kappa shape index (κ1) is 18.1. The van der Waals surface area contributed by atoms with Crippen molar-refractivity contribution in [2.45, 2.75) is 12.7 Å². The third-order valence-corrected chi connectivity index (χ3v) is 4.61. The number of benzene rings is 3. The predicted molar refractivity (Wildman–Crippen MR) is 106 cm³/mol. The Kier molecular flexibility index (Phi) is 5.00. The number of rotatable bonds is 4. The topological polar surface area (TPSA) is 64.6 Å². The Morgan fingerprint density at radius 1 is 1.04 bits per heavy atom. The van der Waals surface area contributed by atoms with Crippen molar-refractivity contribution in [1.29, 1.82) is 0 Å². The van der Waals surface area contributed by atoms with Crippen LogP contribution in [0.25, 0.3) is 0 Å². The molecule has 3 aromatic rings. The smallest absolute Gasteiger partial charge is 0.411 e. The number of Topliss-reactive ketones (excluding diaryl/α,β-unsaturated/α-hetero) is 1. The summed E-state index contributed by atoms with van der Waals surface area (Å²) in [7, 11) is 0. The first-order valence-electron chi connectivity index (χ1n) is 8.68. The number of halogens is 1. The second kappa shape index (κ2) is 7.74. The first-order valence-corrected chi connectivity index (χ1v) is 9.06. The van der Waals surface area contributed by atoms with Crippen LogP contribution in [-0.4, -0.2) is 11.9 Å². The van der Waals surface area contributed by atoms with E-state index in [1.54, 1.807) is 42.5 Å². The Balaban J connectivity index is 1.42. The van der Waals surface area contributed by atoms with Gasteiger partial charge in [-0.15, -0.1) is 0 Å². The normalized spacial score (nSPS) is 14.9. The van der Waals surface area contributed by atoms with E-state index in [2.05, 4.69) is 5.32 Å². The molecule has 0 saturated carbocycles. The van der Waals surface area contributed by atoms with Crippen molar-refractivity contribution in [3.8, 4) is 5.75 Å². The van der Waals surface area contributed by atoms with Crippen molar-refractivity contribution in [2.24, 2.45) is 0 Å². The lowest BCUT2D eigenvalue weighted by atomic mass is 10.0. The van der Waals surface area contributed by atoms with Gasteiger partial charge in [0.25, 0.3) is 0 Å². The summed E-state index contributed by atoms with van der Waals surface area (Å²) in [5.74, 6) is 0.293. The molecule has 0 aliphatic carbocycles. The van der Waals surface area contributed by atoms with E-state index in [0.29, 0.717) is 22.0 Å². The average Bonchev–Trinajstić information content (AvgIpc) is 3.04. The number of carbonyl (C=O) groups is 2. The van der Waals surface area contributed by atoms with Gasteiger partial charge in [-0.05, 0) is 29.8 Å². The lowest BCUT2D eigenvalue weighted by molar-refractivity contribution is 0.0858. The minimum Gasteiger partial charge on any atom is -0.477 e. The molecular weight excluding hydrogens is 378 g/mol. The Bertz CT molecular complexity index is 1020. The molecule has 140 valence electrons. The molecule has 4 rings (SSSR count). The first-order chi connectivity index (χ1) is 13.6. The fraction of sp³-hybridized carbons (Fsp3) is 0.0909. The summed E-state index contributed by atoms with van der Waals surface area (Å²) in [6, 6.07) is 21.3.